The molecule has 0 fully saturated rings. The third-order valence-corrected chi connectivity index (χ3v) is 5.37. The van der Waals surface area contributed by atoms with E-state index in [0.29, 0.717) is 32.6 Å². The van der Waals surface area contributed by atoms with E-state index in [1.54, 1.807) is 30.5 Å². The van der Waals surface area contributed by atoms with Crippen LogP contribution in [0.25, 0.3) is 22.3 Å². The van der Waals surface area contributed by atoms with E-state index in [1.807, 2.05) is 55.4 Å². The fraction of sp³-hybridized carbons (Fsp3) is 0.125. The number of amides is 1. The van der Waals surface area contributed by atoms with Gasteiger partial charge in [0, 0.05) is 17.8 Å². The maximum absolute atomic E-state index is 12.8. The smallest absolute Gasteiger partial charge is 0.257 e. The molecule has 1 amide bonds. The first kappa shape index (κ1) is 21.2. The van der Waals surface area contributed by atoms with Crippen LogP contribution in [0, 0.1) is 0 Å². The van der Waals surface area contributed by atoms with Gasteiger partial charge in [-0.2, -0.15) is 0 Å². The second-order valence-corrected chi connectivity index (χ2v) is 8.26. The summed E-state index contributed by atoms with van der Waals surface area (Å²) in [6.45, 7) is 0.745. The minimum atomic E-state index is -0.292. The number of para-hydroxylation sites is 2. The van der Waals surface area contributed by atoms with Gasteiger partial charge in [0.25, 0.3) is 5.91 Å². The molecule has 0 radical (unpaired) electrons. The zero-order valence-electron chi connectivity index (χ0n) is 17.1. The molecule has 4 rings (SSSR count). The third kappa shape index (κ3) is 4.85. The summed E-state index contributed by atoms with van der Waals surface area (Å²) in [5, 5.41) is 3.82. The van der Waals surface area contributed by atoms with Crippen LogP contribution in [0.2, 0.25) is 10.0 Å². The normalized spacial score (nSPS) is 11.1. The Labute approximate surface area is 190 Å². The van der Waals surface area contributed by atoms with Gasteiger partial charge in [-0.05, 0) is 62.1 Å². The van der Waals surface area contributed by atoms with Crippen molar-refractivity contribution in [3.63, 3.8) is 0 Å². The van der Waals surface area contributed by atoms with Crippen LogP contribution in [-0.2, 0) is 6.54 Å². The van der Waals surface area contributed by atoms with Gasteiger partial charge in [0.05, 0.1) is 38.5 Å². The lowest BCUT2D eigenvalue weighted by molar-refractivity contribution is 0.102. The summed E-state index contributed by atoms with van der Waals surface area (Å²) in [6, 6.07) is 18.3. The summed E-state index contributed by atoms with van der Waals surface area (Å²) in [6.07, 6.45) is 1.68. The molecule has 1 N–H and O–H groups in total. The number of hydrogen-bond donors (Lipinski definition) is 1. The Hall–Kier alpha value is -2.99. The lowest BCUT2D eigenvalue weighted by Crippen LogP contribution is -2.14. The van der Waals surface area contributed by atoms with Gasteiger partial charge >= 0.3 is 0 Å². The summed E-state index contributed by atoms with van der Waals surface area (Å²) in [4.78, 5) is 23.9. The van der Waals surface area contributed by atoms with Crippen LogP contribution in [-0.4, -0.2) is 34.9 Å². The average molecular weight is 451 g/mol. The number of halogens is 2. The molecule has 5 nitrogen and oxygen atoms in total. The van der Waals surface area contributed by atoms with Gasteiger partial charge in [-0.15, -0.1) is 0 Å². The molecule has 7 heteroatoms. The minimum absolute atomic E-state index is 0.292. The number of carbonyl (C=O) groups excluding carboxylic acids is 1. The third-order valence-electron chi connectivity index (χ3n) is 4.73. The Balaban J connectivity index is 1.60. The molecule has 0 bridgehead atoms. The van der Waals surface area contributed by atoms with Crippen LogP contribution in [0.3, 0.4) is 0 Å². The molecule has 156 valence electrons. The van der Waals surface area contributed by atoms with Crippen LogP contribution < -0.4 is 5.32 Å². The molecule has 0 saturated carbocycles. The molecule has 0 unspecified atom stereocenters. The topological polar surface area (TPSA) is 58.1 Å². The average Bonchev–Trinajstić information content (AvgIpc) is 2.74. The molecule has 0 spiro atoms. The van der Waals surface area contributed by atoms with Crippen molar-refractivity contribution in [1.82, 2.24) is 14.9 Å². The monoisotopic (exact) mass is 450 g/mol. The van der Waals surface area contributed by atoms with Crippen molar-refractivity contribution in [2.45, 2.75) is 6.54 Å². The van der Waals surface area contributed by atoms with Gasteiger partial charge in [-0.3, -0.25) is 9.78 Å². The second kappa shape index (κ2) is 9.02. The van der Waals surface area contributed by atoms with Crippen molar-refractivity contribution in [3.8, 4) is 11.3 Å². The molecule has 0 saturated heterocycles. The maximum atomic E-state index is 12.8. The van der Waals surface area contributed by atoms with Gasteiger partial charge < -0.3 is 10.2 Å². The molecule has 4 aromatic rings. The highest BCUT2D eigenvalue weighted by molar-refractivity contribution is 6.35. The van der Waals surface area contributed by atoms with Crippen molar-refractivity contribution in [2.75, 3.05) is 19.4 Å². The molecule has 31 heavy (non-hydrogen) atoms. The van der Waals surface area contributed by atoms with Crippen molar-refractivity contribution in [3.05, 3.63) is 88.0 Å². The van der Waals surface area contributed by atoms with Crippen LogP contribution in [0.1, 0.15) is 15.9 Å². The number of anilines is 1. The van der Waals surface area contributed by atoms with Crippen LogP contribution >= 0.6 is 23.2 Å². The highest BCUT2D eigenvalue weighted by Gasteiger charge is 2.14. The van der Waals surface area contributed by atoms with Gasteiger partial charge in [0.1, 0.15) is 0 Å². The van der Waals surface area contributed by atoms with Crippen LogP contribution in [0.5, 0.6) is 0 Å². The predicted octanol–water partition coefficient (Wildman–Crippen LogP) is 5.92. The lowest BCUT2D eigenvalue weighted by atomic mass is 10.1. The first-order valence-electron chi connectivity index (χ1n) is 9.67. The number of fused-ring (bicyclic) bond motifs is 1. The first-order valence-corrected chi connectivity index (χ1v) is 10.4. The van der Waals surface area contributed by atoms with E-state index in [2.05, 4.69) is 15.3 Å². The van der Waals surface area contributed by atoms with E-state index < -0.39 is 0 Å². The molecule has 0 atom stereocenters. The standard InChI is InChI=1S/C24H20Cl2N4O/c1-30(2)14-15-7-9-17(20(26)11-15)24(31)28-16-8-10-19(25)18(12-16)23-13-27-21-5-3-4-6-22(21)29-23/h3-13H,14H2,1-2H3,(H,28,31). The zero-order chi connectivity index (χ0) is 22.0. The van der Waals surface area contributed by atoms with Gasteiger partial charge in [-0.1, -0.05) is 41.4 Å². The van der Waals surface area contributed by atoms with Crippen molar-refractivity contribution < 1.29 is 4.79 Å². The van der Waals surface area contributed by atoms with Crippen molar-refractivity contribution >= 4 is 45.8 Å². The Morgan fingerprint density at radius 2 is 1.74 bits per heavy atom. The van der Waals surface area contributed by atoms with Gasteiger partial charge in [-0.25, -0.2) is 4.98 Å². The van der Waals surface area contributed by atoms with E-state index in [1.165, 1.54) is 0 Å². The fourth-order valence-corrected chi connectivity index (χ4v) is 3.79. The number of carbonyl (C=O) groups is 1. The minimum Gasteiger partial charge on any atom is -0.322 e. The molecule has 0 aliphatic rings. The Morgan fingerprint density at radius 1 is 0.968 bits per heavy atom. The highest BCUT2D eigenvalue weighted by Crippen LogP contribution is 2.30. The number of rotatable bonds is 5. The summed E-state index contributed by atoms with van der Waals surface area (Å²) < 4.78 is 0. The number of hydrogen-bond acceptors (Lipinski definition) is 4. The first-order chi connectivity index (χ1) is 14.9. The predicted molar refractivity (Wildman–Crippen MR) is 127 cm³/mol. The summed E-state index contributed by atoms with van der Waals surface area (Å²) in [5.41, 5.74) is 4.93. The van der Waals surface area contributed by atoms with Crippen molar-refractivity contribution in [2.24, 2.45) is 0 Å². The van der Waals surface area contributed by atoms with E-state index in [9.17, 15) is 4.79 Å². The number of nitrogens with zero attached hydrogens (tertiary/aromatic N) is 3. The molecular weight excluding hydrogens is 431 g/mol. The molecule has 1 aromatic heterocycles. The maximum Gasteiger partial charge on any atom is 0.257 e. The van der Waals surface area contributed by atoms with E-state index in [0.717, 1.165) is 23.1 Å². The number of nitrogens with one attached hydrogen (secondary N) is 1. The van der Waals surface area contributed by atoms with E-state index in [4.69, 9.17) is 23.2 Å². The molecular formula is C24H20Cl2N4O. The quantitative estimate of drug-likeness (QED) is 0.410. The molecule has 3 aromatic carbocycles. The summed E-state index contributed by atoms with van der Waals surface area (Å²) >= 11 is 12.8. The number of aromatic nitrogens is 2. The van der Waals surface area contributed by atoms with Crippen molar-refractivity contribution in [1.29, 1.82) is 0 Å². The number of benzene rings is 3. The lowest BCUT2D eigenvalue weighted by Gasteiger charge is -2.13. The zero-order valence-corrected chi connectivity index (χ0v) is 18.6. The van der Waals surface area contributed by atoms with E-state index >= 15 is 0 Å². The summed E-state index contributed by atoms with van der Waals surface area (Å²) in [7, 11) is 3.96. The SMILES string of the molecule is CN(C)Cc1ccc(C(=O)Nc2ccc(Cl)c(-c3cnc4ccccc4n3)c2)c(Cl)c1. The fourth-order valence-electron chi connectivity index (χ4n) is 3.29. The molecule has 1 heterocycles. The second-order valence-electron chi connectivity index (χ2n) is 7.44. The van der Waals surface area contributed by atoms with Crippen LogP contribution in [0.4, 0.5) is 5.69 Å². The highest BCUT2D eigenvalue weighted by atomic mass is 35.5. The Kier molecular flexibility index (Phi) is 6.18. The van der Waals surface area contributed by atoms with Crippen LogP contribution in [0.15, 0.2) is 66.9 Å². The van der Waals surface area contributed by atoms with Gasteiger partial charge in [0.2, 0.25) is 0 Å². The summed E-state index contributed by atoms with van der Waals surface area (Å²) in [5.74, 6) is -0.292. The molecule has 0 aliphatic carbocycles. The molecule has 0 aliphatic heterocycles. The van der Waals surface area contributed by atoms with Gasteiger partial charge in [0.15, 0.2) is 0 Å². The largest absolute Gasteiger partial charge is 0.322 e. The Bertz CT molecular complexity index is 1270. The Morgan fingerprint density at radius 3 is 2.48 bits per heavy atom. The van der Waals surface area contributed by atoms with E-state index in [-0.39, 0.29) is 5.91 Å².